The Kier molecular flexibility index (Phi) is 12.0. The normalized spacial score (nSPS) is 17.5. The molecule has 0 radical (unpaired) electrons. The van der Waals surface area contributed by atoms with Crippen LogP contribution in [0.5, 0.6) is 0 Å². The number of anilines is 1. The van der Waals surface area contributed by atoms with Crippen molar-refractivity contribution in [2.75, 3.05) is 25.8 Å². The van der Waals surface area contributed by atoms with Gasteiger partial charge in [0.2, 0.25) is 5.95 Å². The Hall–Kier alpha value is -4.61. The zero-order valence-electron chi connectivity index (χ0n) is 25.2. The molecule has 1 atom stereocenters. The molecule has 1 amide bonds. The van der Waals surface area contributed by atoms with Crippen LogP contribution in [0.15, 0.2) is 34.9 Å². The standard InChI is InChI=1S/C29H34F2N8O6S/c1-3-44-18-6-4-17(5-7-18)39-13-21(26(38-39)25-19(30)8-9-23(31)37-25)35-27(41)22-14-46-28(36-22)16(11-32)12-34-15-45-24(40)10-20(33)29(42)43-2/h8-9,11-14,17-18,20H,3-7,10,15,32-33H2,1-2H3,(H,35,41)/b16-11+,34-12+. The number of hydrogen-bond acceptors (Lipinski definition) is 13. The van der Waals surface area contributed by atoms with Crippen molar-refractivity contribution < 1.29 is 37.4 Å². The summed E-state index contributed by atoms with van der Waals surface area (Å²) in [7, 11) is 1.15. The number of esters is 2. The van der Waals surface area contributed by atoms with Gasteiger partial charge in [-0.05, 0) is 44.7 Å². The number of pyridine rings is 1. The lowest BCUT2D eigenvalue weighted by Crippen LogP contribution is -2.34. The fourth-order valence-corrected chi connectivity index (χ4v) is 5.52. The number of hydrogen-bond donors (Lipinski definition) is 3. The van der Waals surface area contributed by atoms with E-state index in [1.54, 1.807) is 10.9 Å². The fraction of sp³-hybridized carbons (Fsp3) is 0.414. The molecule has 1 saturated carbocycles. The van der Waals surface area contributed by atoms with Gasteiger partial charge in [-0.25, -0.2) is 14.4 Å². The summed E-state index contributed by atoms with van der Waals surface area (Å²) in [5, 5.41) is 9.04. The summed E-state index contributed by atoms with van der Waals surface area (Å²) in [6.07, 6.45) is 6.99. The fourth-order valence-electron chi connectivity index (χ4n) is 4.73. The van der Waals surface area contributed by atoms with Gasteiger partial charge in [-0.15, -0.1) is 11.3 Å². The van der Waals surface area contributed by atoms with Gasteiger partial charge < -0.3 is 31.0 Å². The second-order valence-electron chi connectivity index (χ2n) is 10.1. The van der Waals surface area contributed by atoms with Gasteiger partial charge in [-0.1, -0.05) is 0 Å². The molecule has 1 aliphatic carbocycles. The van der Waals surface area contributed by atoms with E-state index in [2.05, 4.69) is 30.1 Å². The number of aliphatic imine (C=N–C) groups is 1. The molecule has 3 aromatic rings. The number of nitrogens with zero attached hydrogens (tertiary/aromatic N) is 5. The highest BCUT2D eigenvalue weighted by atomic mass is 32.1. The Balaban J connectivity index is 1.46. The molecule has 1 unspecified atom stereocenters. The Morgan fingerprint density at radius 1 is 1.20 bits per heavy atom. The zero-order valence-corrected chi connectivity index (χ0v) is 26.0. The first-order valence-electron chi connectivity index (χ1n) is 14.3. The number of amides is 1. The van der Waals surface area contributed by atoms with Crippen molar-refractivity contribution in [3.8, 4) is 11.4 Å². The van der Waals surface area contributed by atoms with Crippen LogP contribution < -0.4 is 16.8 Å². The van der Waals surface area contributed by atoms with Gasteiger partial charge in [0.1, 0.15) is 28.1 Å². The maximum Gasteiger partial charge on any atom is 0.323 e. The van der Waals surface area contributed by atoms with Gasteiger partial charge >= 0.3 is 11.9 Å². The Labute approximate surface area is 266 Å². The second kappa shape index (κ2) is 16.1. The van der Waals surface area contributed by atoms with Crippen LogP contribution in [0.4, 0.5) is 14.5 Å². The van der Waals surface area contributed by atoms with Crippen molar-refractivity contribution >= 4 is 46.7 Å². The van der Waals surface area contributed by atoms with Crippen molar-refractivity contribution in [1.29, 1.82) is 0 Å². The van der Waals surface area contributed by atoms with Crippen molar-refractivity contribution in [3.05, 3.63) is 52.4 Å². The highest BCUT2D eigenvalue weighted by Gasteiger charge is 2.27. The van der Waals surface area contributed by atoms with Gasteiger partial charge in [-0.2, -0.15) is 9.49 Å². The van der Waals surface area contributed by atoms with Gasteiger partial charge in [-0.3, -0.25) is 24.1 Å². The van der Waals surface area contributed by atoms with Gasteiger partial charge in [0.15, 0.2) is 12.5 Å². The quantitative estimate of drug-likeness (QED) is 0.138. The molecule has 3 heterocycles. The van der Waals surface area contributed by atoms with Crippen molar-refractivity contribution in [1.82, 2.24) is 19.7 Å². The highest BCUT2D eigenvalue weighted by Crippen LogP contribution is 2.34. The Morgan fingerprint density at radius 3 is 2.65 bits per heavy atom. The molecule has 3 aromatic heterocycles. The molecule has 5 N–H and O–H groups in total. The number of nitrogens with two attached hydrogens (primary N) is 2. The average Bonchev–Trinajstić information content (AvgIpc) is 3.70. The molecule has 1 fully saturated rings. The maximum absolute atomic E-state index is 14.8. The van der Waals surface area contributed by atoms with Crippen molar-refractivity contribution in [2.45, 2.75) is 57.2 Å². The predicted octanol–water partition coefficient (Wildman–Crippen LogP) is 3.21. The van der Waals surface area contributed by atoms with E-state index in [1.165, 1.54) is 17.8 Å². The van der Waals surface area contributed by atoms with E-state index in [9.17, 15) is 23.2 Å². The number of rotatable bonds is 13. The zero-order chi connectivity index (χ0) is 33.2. The highest BCUT2D eigenvalue weighted by molar-refractivity contribution is 7.11. The number of carbonyl (C=O) groups excluding carboxylic acids is 3. The number of allylic oxidation sites excluding steroid dienone is 1. The van der Waals surface area contributed by atoms with E-state index < -0.39 is 35.7 Å². The lowest BCUT2D eigenvalue weighted by Gasteiger charge is -2.28. The lowest BCUT2D eigenvalue weighted by atomic mass is 9.93. The third-order valence-corrected chi connectivity index (χ3v) is 7.91. The molecule has 246 valence electrons. The molecule has 0 saturated heterocycles. The van der Waals surface area contributed by atoms with Crippen LogP contribution in [0.2, 0.25) is 0 Å². The summed E-state index contributed by atoms with van der Waals surface area (Å²) < 4.78 is 45.6. The number of halogens is 2. The largest absolute Gasteiger partial charge is 0.468 e. The molecular formula is C29H34F2N8O6S. The molecular weight excluding hydrogens is 626 g/mol. The molecule has 17 heteroatoms. The molecule has 0 spiro atoms. The number of methoxy groups -OCH3 is 1. The smallest absolute Gasteiger partial charge is 0.323 e. The summed E-state index contributed by atoms with van der Waals surface area (Å²) in [5.74, 6) is -3.83. The van der Waals surface area contributed by atoms with Gasteiger partial charge in [0.25, 0.3) is 5.91 Å². The molecule has 0 aromatic carbocycles. The summed E-state index contributed by atoms with van der Waals surface area (Å²) in [6.45, 7) is 2.19. The summed E-state index contributed by atoms with van der Waals surface area (Å²) in [4.78, 5) is 48.4. The van der Waals surface area contributed by atoms with Crippen LogP contribution in [-0.4, -0.2) is 76.4 Å². The lowest BCUT2D eigenvalue weighted by molar-refractivity contribution is -0.150. The first-order valence-corrected chi connectivity index (χ1v) is 15.2. The minimum atomic E-state index is -1.16. The van der Waals surface area contributed by atoms with Crippen molar-refractivity contribution in [3.63, 3.8) is 0 Å². The van der Waals surface area contributed by atoms with E-state index in [0.29, 0.717) is 17.2 Å². The number of ether oxygens (including phenoxy) is 3. The van der Waals surface area contributed by atoms with E-state index in [4.69, 9.17) is 20.9 Å². The van der Waals surface area contributed by atoms with E-state index in [1.807, 2.05) is 6.92 Å². The van der Waals surface area contributed by atoms with E-state index in [-0.39, 0.29) is 48.1 Å². The minimum absolute atomic E-state index is 0.0135. The molecule has 0 aliphatic heterocycles. The van der Waals surface area contributed by atoms with Crippen LogP contribution in [-0.2, 0) is 23.8 Å². The van der Waals surface area contributed by atoms with Crippen LogP contribution in [0.3, 0.4) is 0 Å². The molecule has 0 bridgehead atoms. The monoisotopic (exact) mass is 660 g/mol. The molecule has 4 rings (SSSR count). The minimum Gasteiger partial charge on any atom is -0.468 e. The van der Waals surface area contributed by atoms with E-state index in [0.717, 1.165) is 56.3 Å². The van der Waals surface area contributed by atoms with Crippen LogP contribution in [0, 0.1) is 11.8 Å². The molecule has 46 heavy (non-hydrogen) atoms. The summed E-state index contributed by atoms with van der Waals surface area (Å²) >= 11 is 1.09. The van der Waals surface area contributed by atoms with Crippen LogP contribution in [0.1, 0.15) is 60.6 Å². The number of aromatic nitrogens is 4. The Morgan fingerprint density at radius 2 is 1.96 bits per heavy atom. The summed E-state index contributed by atoms with van der Waals surface area (Å²) in [5.41, 5.74) is 11.4. The molecule has 14 nitrogen and oxygen atoms in total. The predicted molar refractivity (Wildman–Crippen MR) is 165 cm³/mol. The van der Waals surface area contributed by atoms with E-state index >= 15 is 0 Å². The average molecular weight is 661 g/mol. The topological polar surface area (TPSA) is 199 Å². The summed E-state index contributed by atoms with van der Waals surface area (Å²) in [6, 6.07) is 0.652. The molecule has 1 aliphatic rings. The Bertz CT molecular complexity index is 1600. The first-order chi connectivity index (χ1) is 22.1. The first kappa shape index (κ1) is 34.3. The number of thiazole rings is 1. The SMILES string of the molecule is CCOC1CCC(n2cc(NC(=O)c3csc(C(/C=N/COC(=O)CC(N)C(=O)OC)=C/N)n3)c(-c3nc(F)ccc3F)n2)CC1. The maximum atomic E-state index is 14.8. The van der Waals surface area contributed by atoms with Gasteiger partial charge in [0, 0.05) is 36.2 Å². The van der Waals surface area contributed by atoms with Gasteiger partial charge in [0.05, 0.1) is 31.4 Å². The van der Waals surface area contributed by atoms with Crippen molar-refractivity contribution in [2.24, 2.45) is 16.5 Å². The van der Waals surface area contributed by atoms with Crippen LogP contribution >= 0.6 is 11.3 Å². The van der Waals surface area contributed by atoms with Crippen LogP contribution in [0.25, 0.3) is 17.0 Å². The third kappa shape index (κ3) is 8.76. The second-order valence-corrected chi connectivity index (χ2v) is 11.0. The third-order valence-electron chi connectivity index (χ3n) is 7.02. The number of nitrogens with one attached hydrogen (secondary N) is 1. The number of carbonyl (C=O) groups is 3.